The Morgan fingerprint density at radius 1 is 1.47 bits per heavy atom. The summed E-state index contributed by atoms with van der Waals surface area (Å²) in [6.45, 7) is 7.90. The van der Waals surface area contributed by atoms with Crippen LogP contribution >= 0.6 is 0 Å². The number of hydrogen-bond acceptors (Lipinski definition) is 2. The van der Waals surface area contributed by atoms with Crippen molar-refractivity contribution < 1.29 is 13.0 Å². The molecule has 0 unspecified atom stereocenters. The molecule has 0 fully saturated rings. The van der Waals surface area contributed by atoms with E-state index in [1.807, 2.05) is 6.07 Å². The van der Waals surface area contributed by atoms with Gasteiger partial charge < -0.3 is 0 Å². The molecular formula is C12H18O3SSi. The Hall–Kier alpha value is -0.913. The molecule has 0 spiro atoms. The van der Waals surface area contributed by atoms with Gasteiger partial charge in [-0.05, 0) is 22.7 Å². The largest absolute Gasteiger partial charge is 0.294 e. The third-order valence-electron chi connectivity index (χ3n) is 2.64. The van der Waals surface area contributed by atoms with Gasteiger partial charge in [0.25, 0.3) is 10.1 Å². The van der Waals surface area contributed by atoms with Crippen LogP contribution in [-0.2, 0) is 10.1 Å². The third-order valence-corrected chi connectivity index (χ3v) is 6.57. The predicted molar refractivity (Wildman–Crippen MR) is 74.2 cm³/mol. The zero-order valence-corrected chi connectivity index (χ0v) is 12.4. The van der Waals surface area contributed by atoms with Crippen molar-refractivity contribution >= 4 is 30.9 Å². The highest BCUT2D eigenvalue weighted by atomic mass is 32.2. The molecule has 94 valence electrons. The van der Waals surface area contributed by atoms with Crippen LogP contribution in [0.15, 0.2) is 29.7 Å². The summed E-state index contributed by atoms with van der Waals surface area (Å²) in [6.07, 6.45) is 1.65. The minimum Gasteiger partial charge on any atom is -0.282 e. The Morgan fingerprint density at radius 2 is 2.12 bits per heavy atom. The molecule has 0 heterocycles. The summed E-state index contributed by atoms with van der Waals surface area (Å²) in [5, 5.41) is 0.790. The van der Waals surface area contributed by atoms with Gasteiger partial charge in [-0.3, -0.25) is 4.55 Å². The lowest BCUT2D eigenvalue weighted by Crippen LogP contribution is -2.25. The average Bonchev–Trinajstić information content (AvgIpc) is 2.24. The molecule has 0 aromatic heterocycles. The monoisotopic (exact) mass is 270 g/mol. The summed E-state index contributed by atoms with van der Waals surface area (Å²) >= 11 is 0. The van der Waals surface area contributed by atoms with E-state index < -0.39 is 19.6 Å². The molecule has 0 aliphatic heterocycles. The van der Waals surface area contributed by atoms with E-state index in [1.54, 1.807) is 12.1 Å². The molecule has 1 aromatic rings. The lowest BCUT2D eigenvalue weighted by Gasteiger charge is -2.11. The highest BCUT2D eigenvalue weighted by molar-refractivity contribution is 7.86. The summed E-state index contributed by atoms with van der Waals surface area (Å²) in [5.41, 5.74) is 0.826. The third kappa shape index (κ3) is 3.80. The summed E-state index contributed by atoms with van der Waals surface area (Å²) in [5.74, 6) is 0.536. The van der Waals surface area contributed by atoms with E-state index in [0.717, 1.165) is 16.8 Å². The molecular weight excluding hydrogens is 252 g/mol. The van der Waals surface area contributed by atoms with E-state index in [1.165, 1.54) is 6.07 Å². The van der Waals surface area contributed by atoms with E-state index in [9.17, 15) is 13.0 Å². The van der Waals surface area contributed by atoms with Crippen molar-refractivity contribution in [1.82, 2.24) is 0 Å². The fraction of sp³-hybridized carbons (Fsp3) is 0.333. The van der Waals surface area contributed by atoms with Crippen molar-refractivity contribution in [3.05, 3.63) is 30.3 Å². The van der Waals surface area contributed by atoms with Gasteiger partial charge in [0, 0.05) is 0 Å². The van der Waals surface area contributed by atoms with Gasteiger partial charge in [0.1, 0.15) is 0 Å². The molecule has 0 saturated heterocycles. The smallest absolute Gasteiger partial charge is 0.282 e. The van der Waals surface area contributed by atoms with Crippen LogP contribution in [-0.4, -0.2) is 22.5 Å². The lowest BCUT2D eigenvalue weighted by molar-refractivity contribution is 0.484. The Morgan fingerprint density at radius 3 is 2.59 bits per heavy atom. The molecule has 0 aliphatic carbocycles. The van der Waals surface area contributed by atoms with E-state index in [-0.39, 0.29) is 4.90 Å². The minimum absolute atomic E-state index is 0.0576. The van der Waals surface area contributed by atoms with Crippen LogP contribution in [0.1, 0.15) is 19.4 Å². The first kappa shape index (κ1) is 14.1. The maximum Gasteiger partial charge on any atom is 0.294 e. The highest BCUT2D eigenvalue weighted by Crippen LogP contribution is 2.11. The fourth-order valence-corrected chi connectivity index (χ4v) is 5.03. The molecule has 3 nitrogen and oxygen atoms in total. The average molecular weight is 270 g/mol. The topological polar surface area (TPSA) is 54.4 Å². The normalized spacial score (nSPS) is 12.5. The minimum atomic E-state index is -4.13. The predicted octanol–water partition coefficient (Wildman–Crippen LogP) is 1.44. The molecule has 0 bridgehead atoms. The number of benzene rings is 1. The van der Waals surface area contributed by atoms with Crippen molar-refractivity contribution in [3.63, 3.8) is 0 Å². The fourth-order valence-electron chi connectivity index (χ4n) is 1.72. The summed E-state index contributed by atoms with van der Waals surface area (Å²) in [4.78, 5) is 0.0576. The van der Waals surface area contributed by atoms with Crippen LogP contribution in [0.2, 0.25) is 6.04 Å². The second-order valence-electron chi connectivity index (χ2n) is 4.44. The summed E-state index contributed by atoms with van der Waals surface area (Å²) in [6, 6.07) is 5.94. The van der Waals surface area contributed by atoms with E-state index >= 15 is 0 Å². The standard InChI is InChI=1S/C12H18O3SSi/c1-4-10-6-5-7-11(16(13,14)15)12(10)17-8-9(2)3/h4-7,9H,1,8,17H2,2-3H3,(H,13,14,15). The van der Waals surface area contributed by atoms with Gasteiger partial charge in [-0.2, -0.15) is 8.42 Å². The van der Waals surface area contributed by atoms with Crippen molar-refractivity contribution in [2.75, 3.05) is 0 Å². The van der Waals surface area contributed by atoms with Crippen LogP contribution in [0.4, 0.5) is 0 Å². The maximum atomic E-state index is 11.3. The first-order chi connectivity index (χ1) is 7.86. The van der Waals surface area contributed by atoms with Crippen LogP contribution in [0.25, 0.3) is 6.08 Å². The van der Waals surface area contributed by atoms with Crippen molar-refractivity contribution in [1.29, 1.82) is 0 Å². The van der Waals surface area contributed by atoms with Gasteiger partial charge in [0.15, 0.2) is 0 Å². The zero-order valence-electron chi connectivity index (χ0n) is 10.2. The molecule has 1 rings (SSSR count). The van der Waals surface area contributed by atoms with Crippen molar-refractivity contribution in [2.24, 2.45) is 5.92 Å². The van der Waals surface area contributed by atoms with E-state index in [4.69, 9.17) is 0 Å². The molecule has 1 N–H and O–H groups in total. The van der Waals surface area contributed by atoms with Crippen LogP contribution in [0, 0.1) is 5.92 Å². The Bertz CT molecular complexity index is 506. The zero-order chi connectivity index (χ0) is 13.1. The molecule has 0 aliphatic rings. The van der Waals surface area contributed by atoms with E-state index in [2.05, 4.69) is 20.4 Å². The van der Waals surface area contributed by atoms with Gasteiger partial charge in [0.05, 0.1) is 14.4 Å². The number of hydrogen-bond donors (Lipinski definition) is 1. The summed E-state index contributed by atoms with van der Waals surface area (Å²) < 4.78 is 31.8. The van der Waals surface area contributed by atoms with Crippen molar-refractivity contribution in [3.8, 4) is 0 Å². The number of rotatable bonds is 5. The van der Waals surface area contributed by atoms with Gasteiger partial charge in [-0.15, -0.1) is 0 Å². The molecule has 1 aromatic carbocycles. The quantitative estimate of drug-likeness (QED) is 0.651. The van der Waals surface area contributed by atoms with E-state index in [0.29, 0.717) is 5.92 Å². The molecule has 0 amide bonds. The first-order valence-electron chi connectivity index (χ1n) is 5.58. The molecule has 17 heavy (non-hydrogen) atoms. The Labute approximate surface area is 105 Å². The maximum absolute atomic E-state index is 11.3. The van der Waals surface area contributed by atoms with Gasteiger partial charge >= 0.3 is 0 Å². The lowest BCUT2D eigenvalue weighted by atomic mass is 10.2. The van der Waals surface area contributed by atoms with Crippen LogP contribution in [0.3, 0.4) is 0 Å². The summed E-state index contributed by atoms with van der Waals surface area (Å²) in [7, 11) is -4.84. The highest BCUT2D eigenvalue weighted by Gasteiger charge is 2.17. The second kappa shape index (κ2) is 5.62. The Kier molecular flexibility index (Phi) is 4.67. The van der Waals surface area contributed by atoms with Crippen LogP contribution in [0.5, 0.6) is 0 Å². The van der Waals surface area contributed by atoms with Crippen LogP contribution < -0.4 is 5.19 Å². The van der Waals surface area contributed by atoms with Gasteiger partial charge in [-0.1, -0.05) is 44.7 Å². The molecule has 0 atom stereocenters. The molecule has 0 saturated carbocycles. The van der Waals surface area contributed by atoms with Gasteiger partial charge in [-0.25, -0.2) is 0 Å². The molecule has 5 heteroatoms. The Balaban J connectivity index is 3.26. The van der Waals surface area contributed by atoms with Crippen molar-refractivity contribution in [2.45, 2.75) is 24.8 Å². The first-order valence-corrected chi connectivity index (χ1v) is 8.72. The molecule has 0 radical (unpaired) electrons. The SMILES string of the molecule is C=Cc1cccc(S(=O)(=O)O)c1[SiH2]CC(C)C. The second-order valence-corrected chi connectivity index (χ2v) is 7.61. The van der Waals surface area contributed by atoms with Gasteiger partial charge in [0.2, 0.25) is 0 Å².